The zero-order valence-corrected chi connectivity index (χ0v) is 22.9. The van der Waals surface area contributed by atoms with Gasteiger partial charge in [0.1, 0.15) is 23.7 Å². The van der Waals surface area contributed by atoms with E-state index in [1.807, 2.05) is 25.9 Å². The minimum atomic E-state index is -4.52. The second-order valence-electron chi connectivity index (χ2n) is 10.1. The van der Waals surface area contributed by atoms with Crippen LogP contribution in [-0.2, 0) is 33.3 Å². The highest BCUT2D eigenvalue weighted by atomic mass is 19.4. The summed E-state index contributed by atoms with van der Waals surface area (Å²) in [7, 11) is 6.81. The lowest BCUT2D eigenvalue weighted by molar-refractivity contribution is -0.140. The van der Waals surface area contributed by atoms with Crippen molar-refractivity contribution in [2.75, 3.05) is 19.1 Å². The number of hydrogen-bond acceptors (Lipinski definition) is 8. The first-order valence-corrected chi connectivity index (χ1v) is 12.9. The zero-order valence-electron chi connectivity index (χ0n) is 22.9. The van der Waals surface area contributed by atoms with Gasteiger partial charge in [-0.3, -0.25) is 4.68 Å². The Morgan fingerprint density at radius 1 is 1.18 bits per heavy atom. The van der Waals surface area contributed by atoms with Crippen LogP contribution in [0.15, 0.2) is 30.9 Å². The van der Waals surface area contributed by atoms with Gasteiger partial charge in [0.2, 0.25) is 5.88 Å². The SMILES string of the molecule is COc1ncnc(C2CC2)c1-c1nn(C)c(CC(C)N(C)c2ccc(-c3nc(C(F)(F)F)cn3C)cn2)c1CO. The molecule has 0 aromatic carbocycles. The molecule has 0 aliphatic heterocycles. The molecule has 13 heteroatoms. The Hall–Kier alpha value is -4.00. The second kappa shape index (κ2) is 10.5. The Bertz CT molecular complexity index is 1510. The molecule has 4 aromatic rings. The van der Waals surface area contributed by atoms with Crippen molar-refractivity contribution in [2.45, 2.75) is 50.9 Å². The number of imidazole rings is 1. The van der Waals surface area contributed by atoms with Gasteiger partial charge in [0.15, 0.2) is 5.69 Å². The van der Waals surface area contributed by atoms with Gasteiger partial charge < -0.3 is 19.3 Å². The van der Waals surface area contributed by atoms with Crippen molar-refractivity contribution in [3.8, 4) is 28.5 Å². The number of methoxy groups -OCH3 is 1. The molecular formula is C27H31F3N8O2. The molecule has 0 spiro atoms. The molecule has 1 atom stereocenters. The maximum absolute atomic E-state index is 13.1. The average molecular weight is 557 g/mol. The van der Waals surface area contributed by atoms with Crippen molar-refractivity contribution in [3.05, 3.63) is 53.5 Å². The van der Waals surface area contributed by atoms with E-state index < -0.39 is 11.9 Å². The fourth-order valence-corrected chi connectivity index (χ4v) is 4.89. The van der Waals surface area contributed by atoms with Crippen molar-refractivity contribution in [2.24, 2.45) is 14.1 Å². The first kappa shape index (κ1) is 27.6. The number of anilines is 1. The summed E-state index contributed by atoms with van der Waals surface area (Å²) in [4.78, 5) is 19.0. The summed E-state index contributed by atoms with van der Waals surface area (Å²) in [6.45, 7) is 1.81. The summed E-state index contributed by atoms with van der Waals surface area (Å²) in [5.41, 5.74) is 3.30. The molecule has 1 saturated carbocycles. The van der Waals surface area contributed by atoms with E-state index in [1.165, 1.54) is 24.1 Å². The number of ether oxygens (including phenoxy) is 1. The molecule has 1 aliphatic carbocycles. The van der Waals surface area contributed by atoms with E-state index in [0.717, 1.165) is 36.0 Å². The summed E-state index contributed by atoms with van der Waals surface area (Å²) in [6.07, 6.45) is 2.08. The lowest BCUT2D eigenvalue weighted by Crippen LogP contribution is -2.32. The van der Waals surface area contributed by atoms with Crippen molar-refractivity contribution in [1.29, 1.82) is 0 Å². The molecular weight excluding hydrogens is 525 g/mol. The number of aromatic nitrogens is 7. The maximum Gasteiger partial charge on any atom is 0.434 e. The number of halogens is 3. The third kappa shape index (κ3) is 5.12. The molecule has 5 rings (SSSR count). The monoisotopic (exact) mass is 556 g/mol. The third-order valence-electron chi connectivity index (χ3n) is 7.35. The normalized spacial score (nSPS) is 14.4. The van der Waals surface area contributed by atoms with Crippen LogP contribution < -0.4 is 9.64 Å². The van der Waals surface area contributed by atoms with Gasteiger partial charge in [-0.25, -0.2) is 19.9 Å². The largest absolute Gasteiger partial charge is 0.480 e. The summed E-state index contributed by atoms with van der Waals surface area (Å²) in [5.74, 6) is 1.58. The van der Waals surface area contributed by atoms with Crippen LogP contribution in [0.2, 0.25) is 0 Å². The molecule has 4 heterocycles. The summed E-state index contributed by atoms with van der Waals surface area (Å²) < 4.78 is 47.9. The van der Waals surface area contributed by atoms with Crippen LogP contribution in [0.3, 0.4) is 0 Å². The maximum atomic E-state index is 13.1. The highest BCUT2D eigenvalue weighted by Crippen LogP contribution is 2.46. The molecule has 40 heavy (non-hydrogen) atoms. The number of aliphatic hydroxyl groups excluding tert-OH is 1. The number of nitrogens with zero attached hydrogens (tertiary/aromatic N) is 8. The highest BCUT2D eigenvalue weighted by Gasteiger charge is 2.35. The average Bonchev–Trinajstić information content (AvgIpc) is 3.63. The van der Waals surface area contributed by atoms with E-state index in [4.69, 9.17) is 9.84 Å². The number of hydrogen-bond donors (Lipinski definition) is 1. The van der Waals surface area contributed by atoms with Crippen molar-refractivity contribution in [3.63, 3.8) is 0 Å². The van der Waals surface area contributed by atoms with Crippen LogP contribution in [0.5, 0.6) is 5.88 Å². The van der Waals surface area contributed by atoms with Crippen LogP contribution in [0.1, 0.15) is 48.3 Å². The van der Waals surface area contributed by atoms with E-state index in [2.05, 4.69) is 19.9 Å². The number of likely N-dealkylation sites (N-methyl/N-ethyl adjacent to an activating group) is 1. The zero-order chi connectivity index (χ0) is 28.8. The van der Waals surface area contributed by atoms with Crippen molar-refractivity contribution < 1.29 is 23.0 Å². The van der Waals surface area contributed by atoms with Crippen LogP contribution in [0.4, 0.5) is 19.0 Å². The molecule has 0 bridgehead atoms. The molecule has 10 nitrogen and oxygen atoms in total. The van der Waals surface area contributed by atoms with Gasteiger partial charge in [0.25, 0.3) is 0 Å². The molecule has 1 fully saturated rings. The van der Waals surface area contributed by atoms with Crippen LogP contribution >= 0.6 is 0 Å². The fraction of sp³-hybridized carbons (Fsp3) is 0.444. The number of pyridine rings is 1. The molecule has 212 valence electrons. The minimum absolute atomic E-state index is 0.0614. The van der Waals surface area contributed by atoms with Crippen LogP contribution in [0.25, 0.3) is 22.6 Å². The van der Waals surface area contributed by atoms with Crippen LogP contribution in [-0.4, -0.2) is 59.6 Å². The first-order chi connectivity index (χ1) is 19.0. The van der Waals surface area contributed by atoms with E-state index in [9.17, 15) is 18.3 Å². The van der Waals surface area contributed by atoms with Crippen molar-refractivity contribution in [1.82, 2.24) is 34.3 Å². The lowest BCUT2D eigenvalue weighted by atomic mass is 10.0. The van der Waals surface area contributed by atoms with E-state index >= 15 is 0 Å². The predicted molar refractivity (Wildman–Crippen MR) is 142 cm³/mol. The van der Waals surface area contributed by atoms with Gasteiger partial charge in [-0.15, -0.1) is 0 Å². The smallest absolute Gasteiger partial charge is 0.434 e. The van der Waals surface area contributed by atoms with E-state index in [-0.39, 0.29) is 18.5 Å². The standard InChI is InChI=1S/C27H31F3N8O2/c1-15(37(3)21-9-8-17(11-31-21)25-34-20(12-36(25)2)27(28,29)30)10-19-18(13-39)24(35-38(19)4)22-23(16-6-7-16)32-14-33-26(22)40-5/h8-9,11-12,14-16,39H,6-7,10,13H2,1-5H3. The second-order valence-corrected chi connectivity index (χ2v) is 10.1. The summed E-state index contributed by atoms with van der Waals surface area (Å²) in [5, 5.41) is 15.2. The Morgan fingerprint density at radius 3 is 2.50 bits per heavy atom. The lowest BCUT2D eigenvalue weighted by Gasteiger charge is -2.26. The van der Waals surface area contributed by atoms with Gasteiger partial charge in [-0.2, -0.15) is 18.3 Å². The Labute approximate surface area is 229 Å². The van der Waals surface area contributed by atoms with Gasteiger partial charge in [-0.1, -0.05) is 0 Å². The van der Waals surface area contributed by atoms with E-state index in [0.29, 0.717) is 40.9 Å². The molecule has 1 unspecified atom stereocenters. The molecule has 1 aliphatic rings. The molecule has 0 amide bonds. The van der Waals surface area contributed by atoms with Gasteiger partial charge in [-0.05, 0) is 31.9 Å². The van der Waals surface area contributed by atoms with E-state index in [1.54, 1.807) is 23.9 Å². The molecule has 1 N–H and O–H groups in total. The summed E-state index contributed by atoms with van der Waals surface area (Å²) >= 11 is 0. The van der Waals surface area contributed by atoms with Gasteiger partial charge in [0.05, 0.1) is 25.0 Å². The third-order valence-corrected chi connectivity index (χ3v) is 7.35. The first-order valence-electron chi connectivity index (χ1n) is 12.9. The van der Waals surface area contributed by atoms with Gasteiger partial charge >= 0.3 is 6.18 Å². The molecule has 0 radical (unpaired) electrons. The predicted octanol–water partition coefficient (Wildman–Crippen LogP) is 4.14. The number of aryl methyl sites for hydroxylation is 2. The Kier molecular flexibility index (Phi) is 7.25. The number of rotatable bonds is 9. The fourth-order valence-electron chi connectivity index (χ4n) is 4.89. The molecule has 0 saturated heterocycles. The number of alkyl halides is 3. The minimum Gasteiger partial charge on any atom is -0.480 e. The number of aliphatic hydroxyl groups is 1. The van der Waals surface area contributed by atoms with Gasteiger partial charge in [0, 0.05) is 68.7 Å². The Morgan fingerprint density at radius 2 is 1.93 bits per heavy atom. The summed E-state index contributed by atoms with van der Waals surface area (Å²) in [6, 6.07) is 3.40. The highest BCUT2D eigenvalue weighted by molar-refractivity contribution is 5.72. The van der Waals surface area contributed by atoms with Crippen LogP contribution in [0, 0.1) is 0 Å². The quantitative estimate of drug-likeness (QED) is 0.328. The molecule has 4 aromatic heterocycles. The Balaban J connectivity index is 1.39. The topological polar surface area (TPSA) is 107 Å². The van der Waals surface area contributed by atoms with Crippen molar-refractivity contribution >= 4 is 5.82 Å².